The fourth-order valence-electron chi connectivity index (χ4n) is 5.72. The molecule has 43 heavy (non-hydrogen) atoms. The van der Waals surface area contributed by atoms with Gasteiger partial charge in [-0.25, -0.2) is 14.2 Å². The van der Waals surface area contributed by atoms with Gasteiger partial charge in [-0.3, -0.25) is 18.9 Å². The van der Waals surface area contributed by atoms with E-state index in [-0.39, 0.29) is 28.3 Å². The van der Waals surface area contributed by atoms with Crippen LogP contribution in [0.2, 0.25) is 0 Å². The summed E-state index contributed by atoms with van der Waals surface area (Å²) in [5, 5.41) is 3.84. The van der Waals surface area contributed by atoms with E-state index in [2.05, 4.69) is 17.1 Å². The van der Waals surface area contributed by atoms with Gasteiger partial charge in [0.2, 0.25) is 0 Å². The van der Waals surface area contributed by atoms with Gasteiger partial charge in [0, 0.05) is 35.6 Å². The molecule has 0 saturated heterocycles. The molecule has 0 spiro atoms. The number of hydrogen-bond donors (Lipinski definition) is 1. The first-order chi connectivity index (χ1) is 20.1. The average molecular weight is 648 g/mol. The van der Waals surface area contributed by atoms with Crippen LogP contribution in [0, 0.1) is 12.7 Å². The van der Waals surface area contributed by atoms with Gasteiger partial charge in [-0.15, -0.1) is 17.0 Å². The third-order valence-corrected chi connectivity index (χ3v) is 7.54. The molecule has 222 valence electrons. The lowest BCUT2D eigenvalue weighted by molar-refractivity contribution is 0.133. The fourth-order valence-corrected chi connectivity index (χ4v) is 5.72. The van der Waals surface area contributed by atoms with Crippen molar-refractivity contribution in [2.45, 2.75) is 59.0 Å². The molecular formula is C33H32BrFN4O4. The van der Waals surface area contributed by atoms with Crippen molar-refractivity contribution >= 4 is 17.0 Å². The fraction of sp³-hybridized carbons (Fsp3) is 0.273. The van der Waals surface area contributed by atoms with Crippen LogP contribution in [-0.2, 0) is 19.3 Å². The molecule has 1 aliphatic heterocycles. The normalized spacial score (nSPS) is 13.3. The number of nitrogens with one attached hydrogen (secondary N) is 1. The molecule has 1 N–H and O–H groups in total. The lowest BCUT2D eigenvalue weighted by Crippen LogP contribution is -2.28. The van der Waals surface area contributed by atoms with Crippen molar-refractivity contribution in [1.29, 1.82) is 0 Å². The van der Waals surface area contributed by atoms with Gasteiger partial charge < -0.3 is 4.74 Å². The number of hydrogen-bond acceptors (Lipinski definition) is 6. The third-order valence-electron chi connectivity index (χ3n) is 7.54. The van der Waals surface area contributed by atoms with Crippen molar-refractivity contribution < 1.29 is 13.7 Å². The van der Waals surface area contributed by atoms with E-state index in [4.69, 9.17) is 14.2 Å². The maximum atomic E-state index is 15.1. The van der Waals surface area contributed by atoms with Crippen LogP contribution in [-0.4, -0.2) is 25.3 Å². The largest absolute Gasteiger partial charge is 0.484 e. The summed E-state index contributed by atoms with van der Waals surface area (Å²) in [7, 11) is 0. The van der Waals surface area contributed by atoms with Crippen molar-refractivity contribution in [3.05, 3.63) is 116 Å². The summed E-state index contributed by atoms with van der Waals surface area (Å²) < 4.78 is 27.1. The van der Waals surface area contributed by atoms with Crippen LogP contribution in [0.4, 0.5) is 4.39 Å². The number of rotatable bonds is 7. The highest BCUT2D eigenvalue weighted by molar-refractivity contribution is 8.93. The molecule has 0 bridgehead atoms. The molecule has 0 atom stereocenters. The van der Waals surface area contributed by atoms with Crippen LogP contribution >= 0.6 is 17.0 Å². The Morgan fingerprint density at radius 1 is 1.05 bits per heavy atom. The molecule has 0 unspecified atom stereocenters. The zero-order chi connectivity index (χ0) is 29.6. The smallest absolute Gasteiger partial charge is 0.439 e. The molecule has 0 amide bonds. The van der Waals surface area contributed by atoms with E-state index < -0.39 is 17.2 Å². The number of aromatic amines is 1. The summed E-state index contributed by atoms with van der Waals surface area (Å²) >= 11 is 0. The zero-order valence-electron chi connectivity index (χ0n) is 24.4. The van der Waals surface area contributed by atoms with Crippen molar-refractivity contribution in [3.63, 3.8) is 0 Å². The first-order valence-corrected chi connectivity index (χ1v) is 14.0. The molecule has 0 radical (unpaired) electrons. The number of H-pyrrole nitrogens is 1. The molecule has 0 aliphatic carbocycles. The lowest BCUT2D eigenvalue weighted by Gasteiger charge is -2.17. The molecule has 0 saturated carbocycles. The van der Waals surface area contributed by atoms with Crippen LogP contribution in [0.1, 0.15) is 55.4 Å². The van der Waals surface area contributed by atoms with E-state index >= 15 is 4.39 Å². The van der Waals surface area contributed by atoms with Crippen molar-refractivity contribution in [2.24, 2.45) is 0 Å². The van der Waals surface area contributed by atoms with Gasteiger partial charge in [0.1, 0.15) is 11.4 Å². The summed E-state index contributed by atoms with van der Waals surface area (Å²) in [4.78, 5) is 33.0. The SMILES string of the molecule is Br.CCCc1nc(C)n(-c2cc(F)c3c(c2)CC(C)(C)O3)c(=O)c1Cc1ccc(-c2ccccc2-c2noc(=O)[nH]2)cc1. The first-order valence-electron chi connectivity index (χ1n) is 14.0. The minimum atomic E-state index is -0.616. The van der Waals surface area contributed by atoms with Crippen LogP contribution in [0.25, 0.3) is 28.2 Å². The second kappa shape index (κ2) is 11.8. The average Bonchev–Trinajstić information content (AvgIpc) is 3.53. The van der Waals surface area contributed by atoms with Gasteiger partial charge in [0.15, 0.2) is 17.4 Å². The number of aryl methyl sites for hydroxylation is 2. The maximum Gasteiger partial charge on any atom is 0.439 e. The molecule has 3 aromatic carbocycles. The van der Waals surface area contributed by atoms with E-state index in [9.17, 15) is 9.59 Å². The monoisotopic (exact) mass is 646 g/mol. The number of nitrogens with zero attached hydrogens (tertiary/aromatic N) is 3. The third kappa shape index (κ3) is 5.84. The van der Waals surface area contributed by atoms with E-state index in [0.29, 0.717) is 42.2 Å². The predicted octanol–water partition coefficient (Wildman–Crippen LogP) is 6.53. The Bertz CT molecular complexity index is 1930. The number of aromatic nitrogens is 4. The molecule has 6 rings (SSSR count). The molecule has 8 nitrogen and oxygen atoms in total. The van der Waals surface area contributed by atoms with Crippen LogP contribution < -0.4 is 16.1 Å². The van der Waals surface area contributed by atoms with Gasteiger partial charge >= 0.3 is 5.76 Å². The molecule has 10 heteroatoms. The topological polar surface area (TPSA) is 103 Å². The Morgan fingerprint density at radius 2 is 1.77 bits per heavy atom. The lowest BCUT2D eigenvalue weighted by atomic mass is 9.96. The molecular weight excluding hydrogens is 615 g/mol. The number of halogens is 2. The maximum absolute atomic E-state index is 15.1. The Balaban J connectivity index is 0.00000368. The Morgan fingerprint density at radius 3 is 2.44 bits per heavy atom. The second-order valence-electron chi connectivity index (χ2n) is 11.3. The Hall–Kier alpha value is -4.31. The van der Waals surface area contributed by atoms with Crippen molar-refractivity contribution in [1.82, 2.24) is 19.7 Å². The summed E-state index contributed by atoms with van der Waals surface area (Å²) in [5.41, 5.74) is 5.31. The molecule has 3 heterocycles. The van der Waals surface area contributed by atoms with E-state index in [1.807, 2.05) is 68.4 Å². The van der Waals surface area contributed by atoms with Gasteiger partial charge in [0.05, 0.1) is 11.4 Å². The summed E-state index contributed by atoms with van der Waals surface area (Å²) in [5.74, 6) is 0.0250. The molecule has 5 aromatic rings. The van der Waals surface area contributed by atoms with E-state index in [0.717, 1.165) is 39.9 Å². The zero-order valence-corrected chi connectivity index (χ0v) is 26.1. The van der Waals surface area contributed by atoms with Crippen LogP contribution in [0.3, 0.4) is 0 Å². The summed E-state index contributed by atoms with van der Waals surface area (Å²) in [6.07, 6.45) is 2.43. The standard InChI is InChI=1S/C33H31FN4O4.BrH/c1-5-8-28-26(31(39)38(19(2)35-28)23-16-22-18-33(3,4)41-29(22)27(34)17-23)15-20-11-13-21(14-12-20)24-9-6-7-10-25(24)30-36-32(40)42-37-30;/h6-7,9-14,16-17H,5,8,15,18H2,1-4H3,(H,36,37,40);1H. The van der Waals surface area contributed by atoms with Gasteiger partial charge in [-0.05, 0) is 49.9 Å². The van der Waals surface area contributed by atoms with E-state index in [1.54, 1.807) is 6.92 Å². The van der Waals surface area contributed by atoms with Crippen molar-refractivity contribution in [3.8, 4) is 34.0 Å². The quantitative estimate of drug-likeness (QED) is 0.216. The van der Waals surface area contributed by atoms with E-state index in [1.165, 1.54) is 10.6 Å². The Kier molecular flexibility index (Phi) is 8.25. The van der Waals surface area contributed by atoms with Gasteiger partial charge in [-0.2, -0.15) is 0 Å². The summed E-state index contributed by atoms with van der Waals surface area (Å²) in [6.45, 7) is 7.67. The van der Waals surface area contributed by atoms with Gasteiger partial charge in [-0.1, -0.05) is 67.0 Å². The highest BCUT2D eigenvalue weighted by Gasteiger charge is 2.33. The minimum Gasteiger partial charge on any atom is -0.484 e. The number of benzene rings is 3. The van der Waals surface area contributed by atoms with Crippen molar-refractivity contribution in [2.75, 3.05) is 0 Å². The highest BCUT2D eigenvalue weighted by Crippen LogP contribution is 2.38. The van der Waals surface area contributed by atoms with Gasteiger partial charge in [0.25, 0.3) is 5.56 Å². The second-order valence-corrected chi connectivity index (χ2v) is 11.3. The minimum absolute atomic E-state index is 0. The number of ether oxygens (including phenoxy) is 1. The molecule has 1 aliphatic rings. The van der Waals surface area contributed by atoms with Crippen LogP contribution in [0.5, 0.6) is 5.75 Å². The number of fused-ring (bicyclic) bond motifs is 1. The molecule has 0 fully saturated rings. The Labute approximate surface area is 258 Å². The first kappa shape index (κ1) is 30.2. The molecule has 2 aromatic heterocycles. The predicted molar refractivity (Wildman–Crippen MR) is 168 cm³/mol. The summed E-state index contributed by atoms with van der Waals surface area (Å²) in [6, 6.07) is 18.7. The highest BCUT2D eigenvalue weighted by atomic mass is 79.9. The van der Waals surface area contributed by atoms with Crippen LogP contribution in [0.15, 0.2) is 74.8 Å².